The van der Waals surface area contributed by atoms with Crippen molar-refractivity contribution in [2.24, 2.45) is 17.2 Å². The highest BCUT2D eigenvalue weighted by atomic mass is 16.7. The molecule has 0 spiro atoms. The summed E-state index contributed by atoms with van der Waals surface area (Å²) in [7, 11) is 1.59. The first-order chi connectivity index (χ1) is 20.8. The molecule has 17 heteroatoms. The number of nitrogens with zero attached hydrogens (tertiary/aromatic N) is 1. The number of nitrogens with two attached hydrogens (primary N) is 3. The van der Waals surface area contributed by atoms with E-state index in [2.05, 4.69) is 10.6 Å². The average Bonchev–Trinajstić information content (AvgIpc) is 2.97. The lowest BCUT2D eigenvalue weighted by Gasteiger charge is -2.48. The van der Waals surface area contributed by atoms with Gasteiger partial charge in [-0.05, 0) is 50.9 Å². The second kappa shape index (κ2) is 14.7. The Morgan fingerprint density at radius 1 is 1.07 bits per heavy atom. The molecule has 2 heterocycles. The molecular weight excluding hydrogens is 584 g/mol. The zero-order valence-corrected chi connectivity index (χ0v) is 24.7. The molecule has 2 aliphatic heterocycles. The monoisotopic (exact) mass is 628 g/mol. The lowest BCUT2D eigenvalue weighted by molar-refractivity contribution is -0.384. The first kappa shape index (κ1) is 34.3. The third-order valence-corrected chi connectivity index (χ3v) is 8.27. The van der Waals surface area contributed by atoms with Gasteiger partial charge in [-0.25, -0.2) is 4.79 Å². The van der Waals surface area contributed by atoms with Crippen LogP contribution < -0.4 is 27.8 Å². The van der Waals surface area contributed by atoms with Crippen LogP contribution in [0.25, 0.3) is 0 Å². The quantitative estimate of drug-likeness (QED) is 0.102. The lowest BCUT2D eigenvalue weighted by atomic mass is 9.84. The Balaban J connectivity index is 1.29. The number of nitrogens with one attached hydrogen (secondary N) is 2. The van der Waals surface area contributed by atoms with Crippen molar-refractivity contribution >= 4 is 11.8 Å². The zero-order valence-electron chi connectivity index (χ0n) is 24.7. The maximum absolute atomic E-state index is 12.2. The summed E-state index contributed by atoms with van der Waals surface area (Å²) in [5, 5.41) is 48.8. The Labute approximate surface area is 254 Å². The van der Waals surface area contributed by atoms with Crippen LogP contribution in [0.15, 0.2) is 24.3 Å². The van der Waals surface area contributed by atoms with Gasteiger partial charge >= 0.3 is 6.09 Å². The first-order valence-corrected chi connectivity index (χ1v) is 14.5. The van der Waals surface area contributed by atoms with Crippen LogP contribution in [0.3, 0.4) is 0 Å². The van der Waals surface area contributed by atoms with Gasteiger partial charge in [0.15, 0.2) is 12.6 Å². The van der Waals surface area contributed by atoms with Crippen LogP contribution in [-0.2, 0) is 30.3 Å². The third kappa shape index (κ3) is 8.18. The number of aliphatic hydroxyl groups is 3. The highest BCUT2D eigenvalue weighted by Gasteiger charge is 2.50. The van der Waals surface area contributed by atoms with E-state index in [0.717, 1.165) is 0 Å². The first-order valence-electron chi connectivity index (χ1n) is 14.5. The van der Waals surface area contributed by atoms with Crippen molar-refractivity contribution < 1.29 is 48.7 Å². The molecule has 1 saturated carbocycles. The van der Waals surface area contributed by atoms with Crippen molar-refractivity contribution in [2.75, 3.05) is 20.2 Å². The Kier molecular flexibility index (Phi) is 11.5. The summed E-state index contributed by atoms with van der Waals surface area (Å²) in [5.74, 6) is 0. The fourth-order valence-electron chi connectivity index (χ4n) is 5.78. The number of rotatable bonds is 10. The van der Waals surface area contributed by atoms with Crippen LogP contribution in [0.2, 0.25) is 0 Å². The second-order valence-electron chi connectivity index (χ2n) is 11.8. The maximum atomic E-state index is 12.2. The van der Waals surface area contributed by atoms with Crippen molar-refractivity contribution in [3.63, 3.8) is 0 Å². The fraction of sp³-hybridized carbons (Fsp3) is 0.741. The molecule has 1 aliphatic carbocycles. The molecule has 2 saturated heterocycles. The fourth-order valence-corrected chi connectivity index (χ4v) is 5.78. The van der Waals surface area contributed by atoms with Gasteiger partial charge in [-0.15, -0.1) is 0 Å². The minimum Gasteiger partial charge on any atom is -0.445 e. The summed E-state index contributed by atoms with van der Waals surface area (Å²) >= 11 is 0. The van der Waals surface area contributed by atoms with E-state index >= 15 is 0 Å². The molecule has 3 aliphatic rings. The summed E-state index contributed by atoms with van der Waals surface area (Å²) in [5.41, 5.74) is 18.0. The molecule has 11 N–H and O–H groups in total. The van der Waals surface area contributed by atoms with E-state index in [-0.39, 0.29) is 31.9 Å². The number of aliphatic hydroxyl groups excluding tert-OH is 2. The van der Waals surface area contributed by atoms with E-state index in [1.54, 1.807) is 7.05 Å². The molecular formula is C27H44N6O11. The standard InChI is InChI=1S/C27H44N6O11/c1-27(37)12-41-25(20(35)23(27)31-2)44-22-18(30)9-17(29)21(19(22)34)43-24-16(28)8-7-15(42-24)10-32-26(36)40-11-13-3-5-14(6-4-13)33(38)39/h3-6,15-25,31,34-35,37H,7-12,28-30H2,1-2H3,(H,32,36). The number of nitro groups is 1. The number of amides is 1. The van der Waals surface area contributed by atoms with Crippen LogP contribution in [0.5, 0.6) is 0 Å². The summed E-state index contributed by atoms with van der Waals surface area (Å²) in [6.07, 6.45) is -6.69. The molecule has 1 aromatic rings. The van der Waals surface area contributed by atoms with Crippen molar-refractivity contribution in [3.8, 4) is 0 Å². The summed E-state index contributed by atoms with van der Waals surface area (Å²) in [4.78, 5) is 22.5. The predicted molar refractivity (Wildman–Crippen MR) is 153 cm³/mol. The van der Waals surface area contributed by atoms with Crippen LogP contribution in [0.1, 0.15) is 31.7 Å². The molecule has 0 aromatic heterocycles. The van der Waals surface area contributed by atoms with Crippen molar-refractivity contribution in [1.82, 2.24) is 10.6 Å². The van der Waals surface area contributed by atoms with Gasteiger partial charge in [0.2, 0.25) is 0 Å². The average molecular weight is 629 g/mol. The largest absolute Gasteiger partial charge is 0.445 e. The van der Waals surface area contributed by atoms with Gasteiger partial charge < -0.3 is 66.8 Å². The Morgan fingerprint density at radius 2 is 1.70 bits per heavy atom. The van der Waals surface area contributed by atoms with Gasteiger partial charge in [0.25, 0.3) is 5.69 Å². The number of likely N-dealkylation sites (N-methyl/N-ethyl adjacent to an activating group) is 1. The van der Waals surface area contributed by atoms with Gasteiger partial charge in [-0.3, -0.25) is 10.1 Å². The Hall–Kier alpha value is -2.55. The SMILES string of the molecule is CNC1C(O)C(OC2C(N)CC(N)C(OC3OC(CNC(=O)OCc4ccc([N+](=O)[O-])cc4)CCC3N)C2O)OCC1(C)O. The number of carbonyl (C=O) groups is 1. The van der Waals surface area contributed by atoms with E-state index in [0.29, 0.717) is 18.4 Å². The van der Waals surface area contributed by atoms with Crippen LogP contribution in [0.4, 0.5) is 10.5 Å². The molecule has 17 nitrogen and oxygen atoms in total. The highest BCUT2D eigenvalue weighted by Crippen LogP contribution is 2.31. The summed E-state index contributed by atoms with van der Waals surface area (Å²) in [6, 6.07) is 2.95. The minimum absolute atomic E-state index is 0.0647. The van der Waals surface area contributed by atoms with Crippen molar-refractivity contribution in [1.29, 1.82) is 0 Å². The Morgan fingerprint density at radius 3 is 2.32 bits per heavy atom. The van der Waals surface area contributed by atoms with Gasteiger partial charge in [-0.2, -0.15) is 0 Å². The maximum Gasteiger partial charge on any atom is 0.407 e. The number of hydrogen-bond acceptors (Lipinski definition) is 15. The summed E-state index contributed by atoms with van der Waals surface area (Å²) in [6.45, 7) is 1.42. The summed E-state index contributed by atoms with van der Waals surface area (Å²) < 4.78 is 28.8. The highest BCUT2D eigenvalue weighted by molar-refractivity contribution is 5.67. The van der Waals surface area contributed by atoms with Crippen molar-refractivity contribution in [2.45, 2.75) is 106 Å². The molecule has 3 fully saturated rings. The third-order valence-electron chi connectivity index (χ3n) is 8.27. The van der Waals surface area contributed by atoms with E-state index < -0.39 is 83.9 Å². The van der Waals surface area contributed by atoms with Gasteiger partial charge in [0.1, 0.15) is 36.6 Å². The number of carbonyl (C=O) groups excluding carboxylic acids is 1. The molecule has 4 rings (SSSR count). The van der Waals surface area contributed by atoms with Crippen LogP contribution in [-0.4, -0.2) is 119 Å². The molecule has 1 amide bonds. The molecule has 0 radical (unpaired) electrons. The van der Waals surface area contributed by atoms with E-state index in [1.165, 1.54) is 31.2 Å². The normalized spacial score (nSPS) is 39.4. The van der Waals surface area contributed by atoms with Gasteiger partial charge in [0.05, 0.1) is 29.7 Å². The van der Waals surface area contributed by atoms with Crippen LogP contribution >= 0.6 is 0 Å². The number of alkyl carbamates (subject to hydrolysis) is 1. The van der Waals surface area contributed by atoms with Crippen molar-refractivity contribution in [3.05, 3.63) is 39.9 Å². The minimum atomic E-state index is -1.35. The lowest BCUT2D eigenvalue weighted by Crippen LogP contribution is -2.68. The molecule has 44 heavy (non-hydrogen) atoms. The topological polar surface area (TPSA) is 269 Å². The molecule has 0 bridgehead atoms. The number of nitro benzene ring substituents is 1. The van der Waals surface area contributed by atoms with Crippen LogP contribution in [0, 0.1) is 10.1 Å². The van der Waals surface area contributed by atoms with Gasteiger partial charge in [0, 0.05) is 30.8 Å². The number of ether oxygens (including phenoxy) is 5. The molecule has 12 atom stereocenters. The van der Waals surface area contributed by atoms with E-state index in [1.807, 2.05) is 0 Å². The second-order valence-corrected chi connectivity index (χ2v) is 11.8. The van der Waals surface area contributed by atoms with E-state index in [4.69, 9.17) is 40.9 Å². The zero-order chi connectivity index (χ0) is 32.2. The number of benzene rings is 1. The smallest absolute Gasteiger partial charge is 0.407 e. The molecule has 248 valence electrons. The molecule has 1 aromatic carbocycles. The van der Waals surface area contributed by atoms with Gasteiger partial charge in [-0.1, -0.05) is 0 Å². The number of non-ortho nitro benzene ring substituents is 1. The molecule has 12 unspecified atom stereocenters. The predicted octanol–water partition coefficient (Wildman–Crippen LogP) is -2.10. The Bertz CT molecular complexity index is 1110. The number of hydrogen-bond donors (Lipinski definition) is 8. The van der Waals surface area contributed by atoms with E-state index in [9.17, 15) is 30.2 Å².